The average Bonchev–Trinajstić information content (AvgIpc) is 2.89. The second-order valence-electron chi connectivity index (χ2n) is 7.41. The molecule has 0 aromatic rings. The highest BCUT2D eigenvalue weighted by Crippen LogP contribution is 2.39. The van der Waals surface area contributed by atoms with Gasteiger partial charge in [-0.25, -0.2) is 0 Å². The van der Waals surface area contributed by atoms with Gasteiger partial charge in [-0.15, -0.1) is 0 Å². The van der Waals surface area contributed by atoms with Crippen molar-refractivity contribution in [3.05, 3.63) is 0 Å². The first-order chi connectivity index (χ1) is 9.21. The molecule has 0 aromatic carbocycles. The number of hydrogen-bond donors (Lipinski definition) is 1. The van der Waals surface area contributed by atoms with Crippen LogP contribution in [0.4, 0.5) is 0 Å². The quantitative estimate of drug-likeness (QED) is 0.846. The Morgan fingerprint density at radius 3 is 2.63 bits per heavy atom. The zero-order chi connectivity index (χ0) is 13.3. The predicted molar refractivity (Wildman–Crippen MR) is 78.2 cm³/mol. The second kappa shape index (κ2) is 5.71. The van der Waals surface area contributed by atoms with Crippen LogP contribution in [0.1, 0.15) is 45.4 Å². The van der Waals surface area contributed by atoms with Gasteiger partial charge in [0.1, 0.15) is 0 Å². The Hall–Kier alpha value is -0.120. The van der Waals surface area contributed by atoms with Crippen molar-refractivity contribution >= 4 is 0 Å². The van der Waals surface area contributed by atoms with Gasteiger partial charge >= 0.3 is 0 Å². The van der Waals surface area contributed by atoms with E-state index in [1.807, 2.05) is 0 Å². The largest absolute Gasteiger partial charge is 0.396 e. The molecule has 0 aromatic heterocycles. The van der Waals surface area contributed by atoms with E-state index in [-0.39, 0.29) is 5.41 Å². The summed E-state index contributed by atoms with van der Waals surface area (Å²) in [4.78, 5) is 5.32. The van der Waals surface area contributed by atoms with Crippen molar-refractivity contribution in [3.8, 4) is 0 Å². The predicted octanol–water partition coefficient (Wildman–Crippen LogP) is 1.96. The third-order valence-electron chi connectivity index (χ3n) is 5.90. The molecule has 1 aliphatic carbocycles. The van der Waals surface area contributed by atoms with E-state index in [0.717, 1.165) is 18.5 Å². The standard InChI is InChI=1S/C16H30N2O/c1-14-4-6-16(13-19,7-5-14)12-17-9-10-18-8-2-3-15(18)11-17/h14-15,19H,2-13H2,1H3. The van der Waals surface area contributed by atoms with Gasteiger partial charge in [0.2, 0.25) is 0 Å². The highest BCUT2D eigenvalue weighted by molar-refractivity contribution is 4.92. The molecule has 3 rings (SSSR count). The summed E-state index contributed by atoms with van der Waals surface area (Å²) in [7, 11) is 0. The number of fused-ring (bicyclic) bond motifs is 1. The lowest BCUT2D eigenvalue weighted by molar-refractivity contribution is 0.00534. The Morgan fingerprint density at radius 2 is 1.89 bits per heavy atom. The zero-order valence-electron chi connectivity index (χ0n) is 12.5. The van der Waals surface area contributed by atoms with Crippen LogP contribution in [0.25, 0.3) is 0 Å². The lowest BCUT2D eigenvalue weighted by atomic mass is 9.71. The van der Waals surface area contributed by atoms with Gasteiger partial charge in [-0.2, -0.15) is 0 Å². The molecule has 19 heavy (non-hydrogen) atoms. The van der Waals surface area contributed by atoms with Gasteiger partial charge in [0.25, 0.3) is 0 Å². The summed E-state index contributed by atoms with van der Waals surface area (Å²) in [5.74, 6) is 0.867. The fraction of sp³-hybridized carbons (Fsp3) is 1.00. The first kappa shape index (κ1) is 13.8. The lowest BCUT2D eigenvalue weighted by Gasteiger charge is -2.45. The van der Waals surface area contributed by atoms with Crippen molar-refractivity contribution in [1.82, 2.24) is 9.80 Å². The number of rotatable bonds is 3. The third kappa shape index (κ3) is 2.98. The molecule has 3 nitrogen and oxygen atoms in total. The molecule has 110 valence electrons. The Labute approximate surface area is 118 Å². The average molecular weight is 266 g/mol. The van der Waals surface area contributed by atoms with Crippen molar-refractivity contribution in [1.29, 1.82) is 0 Å². The van der Waals surface area contributed by atoms with Gasteiger partial charge in [-0.05, 0) is 38.1 Å². The van der Waals surface area contributed by atoms with E-state index in [9.17, 15) is 5.11 Å². The van der Waals surface area contributed by atoms with Crippen LogP contribution in [0.2, 0.25) is 0 Å². The molecule has 3 fully saturated rings. The number of piperazine rings is 1. The van der Waals surface area contributed by atoms with E-state index < -0.39 is 0 Å². The fourth-order valence-electron chi connectivity index (χ4n) is 4.41. The highest BCUT2D eigenvalue weighted by Gasteiger charge is 2.38. The molecule has 0 radical (unpaired) electrons. The molecule has 2 saturated heterocycles. The minimum absolute atomic E-state index is 0.216. The topological polar surface area (TPSA) is 26.7 Å². The van der Waals surface area contributed by atoms with Crippen molar-refractivity contribution in [3.63, 3.8) is 0 Å². The molecule has 3 heteroatoms. The van der Waals surface area contributed by atoms with Crippen LogP contribution in [0, 0.1) is 11.3 Å². The highest BCUT2D eigenvalue weighted by atomic mass is 16.3. The van der Waals surface area contributed by atoms with Crippen LogP contribution in [0.15, 0.2) is 0 Å². The fourth-order valence-corrected chi connectivity index (χ4v) is 4.41. The van der Waals surface area contributed by atoms with E-state index >= 15 is 0 Å². The first-order valence-corrected chi connectivity index (χ1v) is 8.28. The number of aliphatic hydroxyl groups excluding tert-OH is 1. The molecule has 0 spiro atoms. The maximum absolute atomic E-state index is 9.91. The third-order valence-corrected chi connectivity index (χ3v) is 5.90. The maximum atomic E-state index is 9.91. The van der Waals surface area contributed by atoms with Crippen LogP contribution in [-0.2, 0) is 0 Å². The van der Waals surface area contributed by atoms with Crippen molar-refractivity contribution in [2.45, 2.75) is 51.5 Å². The minimum atomic E-state index is 0.216. The normalized spacial score (nSPS) is 41.4. The van der Waals surface area contributed by atoms with E-state index in [1.54, 1.807) is 0 Å². The van der Waals surface area contributed by atoms with Crippen LogP contribution in [-0.4, -0.2) is 60.3 Å². The maximum Gasteiger partial charge on any atom is 0.0499 e. The summed E-state index contributed by atoms with van der Waals surface area (Å²) in [6.07, 6.45) is 7.86. The molecule has 2 aliphatic heterocycles. The molecule has 0 bridgehead atoms. The Morgan fingerprint density at radius 1 is 1.11 bits per heavy atom. The zero-order valence-corrected chi connectivity index (χ0v) is 12.5. The summed E-state index contributed by atoms with van der Waals surface area (Å²) in [5, 5.41) is 9.91. The van der Waals surface area contributed by atoms with Crippen LogP contribution >= 0.6 is 0 Å². The minimum Gasteiger partial charge on any atom is -0.396 e. The molecule has 0 amide bonds. The summed E-state index contributed by atoms with van der Waals surface area (Å²) in [6, 6.07) is 0.812. The van der Waals surface area contributed by atoms with Crippen LogP contribution in [0.3, 0.4) is 0 Å². The lowest BCUT2D eigenvalue weighted by Crippen LogP contribution is -2.53. The number of hydrogen-bond acceptors (Lipinski definition) is 3. The summed E-state index contributed by atoms with van der Waals surface area (Å²) < 4.78 is 0. The van der Waals surface area contributed by atoms with Crippen LogP contribution < -0.4 is 0 Å². The first-order valence-electron chi connectivity index (χ1n) is 8.28. The summed E-state index contributed by atoms with van der Waals surface area (Å²) in [5.41, 5.74) is 0.216. The van der Waals surface area contributed by atoms with Gasteiger partial charge in [0.05, 0.1) is 0 Å². The van der Waals surface area contributed by atoms with Gasteiger partial charge in [-0.1, -0.05) is 19.8 Å². The monoisotopic (exact) mass is 266 g/mol. The number of aliphatic hydroxyl groups is 1. The van der Waals surface area contributed by atoms with Crippen molar-refractivity contribution in [2.75, 3.05) is 39.3 Å². The Kier molecular flexibility index (Phi) is 4.16. The van der Waals surface area contributed by atoms with E-state index in [2.05, 4.69) is 16.7 Å². The molecular formula is C16H30N2O. The molecule has 1 N–H and O–H groups in total. The Balaban J connectivity index is 1.57. The van der Waals surface area contributed by atoms with E-state index in [0.29, 0.717) is 6.61 Å². The molecule has 3 aliphatic rings. The van der Waals surface area contributed by atoms with Crippen molar-refractivity contribution in [2.24, 2.45) is 11.3 Å². The molecule has 1 atom stereocenters. The van der Waals surface area contributed by atoms with Gasteiger partial charge in [-0.3, -0.25) is 9.80 Å². The summed E-state index contributed by atoms with van der Waals surface area (Å²) >= 11 is 0. The van der Waals surface area contributed by atoms with Crippen LogP contribution in [0.5, 0.6) is 0 Å². The van der Waals surface area contributed by atoms with Gasteiger partial charge < -0.3 is 5.11 Å². The molecule has 1 unspecified atom stereocenters. The van der Waals surface area contributed by atoms with Crippen molar-refractivity contribution < 1.29 is 5.11 Å². The van der Waals surface area contributed by atoms with Gasteiger partial charge in [0.15, 0.2) is 0 Å². The summed E-state index contributed by atoms with van der Waals surface area (Å²) in [6.45, 7) is 8.93. The second-order valence-corrected chi connectivity index (χ2v) is 7.41. The smallest absolute Gasteiger partial charge is 0.0499 e. The van der Waals surface area contributed by atoms with E-state index in [4.69, 9.17) is 0 Å². The molecule has 1 saturated carbocycles. The molecular weight excluding hydrogens is 236 g/mol. The molecule has 2 heterocycles. The van der Waals surface area contributed by atoms with E-state index in [1.165, 1.54) is 64.7 Å². The van der Waals surface area contributed by atoms with Gasteiger partial charge in [0, 0.05) is 44.2 Å². The SMILES string of the molecule is CC1CCC(CO)(CN2CCN3CCCC3C2)CC1. The Bertz CT molecular complexity index is 299. The number of nitrogens with zero attached hydrogens (tertiary/aromatic N) is 2.